The molecule has 0 aliphatic carbocycles. The molecule has 0 bridgehead atoms. The molecule has 0 unspecified atom stereocenters. The van der Waals surface area contributed by atoms with Gasteiger partial charge in [0.25, 0.3) is 0 Å². The number of nitrogens with one attached hydrogen (secondary N) is 2. The number of allylic oxidation sites excluding steroid dienone is 1. The maximum Gasteiger partial charge on any atom is 0.338 e. The van der Waals surface area contributed by atoms with E-state index in [1.165, 1.54) is 13.5 Å². The van der Waals surface area contributed by atoms with Gasteiger partial charge in [-0.2, -0.15) is 0 Å². The van der Waals surface area contributed by atoms with E-state index in [1.54, 1.807) is 19.1 Å². The van der Waals surface area contributed by atoms with Crippen LogP contribution in [0.3, 0.4) is 0 Å². The van der Waals surface area contributed by atoms with Gasteiger partial charge in [0.2, 0.25) is 0 Å². The Kier molecular flexibility index (Phi) is 8.17. The molecule has 1 atom stereocenters. The number of amides is 2. The highest BCUT2D eigenvalue weighted by molar-refractivity contribution is 9.10. The number of hydrogen-bond donors (Lipinski definition) is 3. The molecule has 1 aliphatic rings. The van der Waals surface area contributed by atoms with E-state index in [1.807, 2.05) is 0 Å². The van der Waals surface area contributed by atoms with Gasteiger partial charge in [0, 0.05) is 5.70 Å². The molecule has 28 heavy (non-hydrogen) atoms. The molecule has 0 aromatic heterocycles. The molecule has 0 saturated carbocycles. The molecule has 0 spiro atoms. The van der Waals surface area contributed by atoms with Crippen LogP contribution >= 0.6 is 15.9 Å². The molecule has 1 aromatic carbocycles. The van der Waals surface area contributed by atoms with Gasteiger partial charge < -0.3 is 25.2 Å². The zero-order valence-corrected chi connectivity index (χ0v) is 18.0. The zero-order chi connectivity index (χ0) is 20.7. The van der Waals surface area contributed by atoms with Crippen LogP contribution < -0.4 is 15.4 Å². The van der Waals surface area contributed by atoms with Crippen molar-refractivity contribution < 1.29 is 24.2 Å². The molecule has 1 aromatic rings. The van der Waals surface area contributed by atoms with Gasteiger partial charge in [-0.1, -0.05) is 32.6 Å². The number of aromatic hydroxyl groups is 1. The largest absolute Gasteiger partial charge is 0.503 e. The summed E-state index contributed by atoms with van der Waals surface area (Å²) in [4.78, 5) is 24.7. The number of phenolic OH excluding ortho intramolecular Hbond substituents is 1. The van der Waals surface area contributed by atoms with E-state index >= 15 is 0 Å². The van der Waals surface area contributed by atoms with E-state index < -0.39 is 18.0 Å². The number of carbonyl (C=O) groups excluding carboxylic acids is 2. The van der Waals surface area contributed by atoms with Crippen molar-refractivity contribution in [3.8, 4) is 11.5 Å². The number of urea groups is 1. The molecule has 0 fully saturated rings. The average molecular weight is 455 g/mol. The Morgan fingerprint density at radius 1 is 1.25 bits per heavy atom. The number of phenols is 1. The molecule has 8 heteroatoms. The fraction of sp³-hybridized carbons (Fsp3) is 0.500. The molecule has 1 heterocycles. The van der Waals surface area contributed by atoms with Crippen molar-refractivity contribution >= 4 is 27.9 Å². The highest BCUT2D eigenvalue weighted by atomic mass is 79.9. The lowest BCUT2D eigenvalue weighted by Gasteiger charge is -2.28. The van der Waals surface area contributed by atoms with E-state index in [4.69, 9.17) is 9.47 Å². The van der Waals surface area contributed by atoms with E-state index in [0.717, 1.165) is 25.7 Å². The second-order valence-corrected chi connectivity index (χ2v) is 7.53. The lowest BCUT2D eigenvalue weighted by Crippen LogP contribution is -2.45. The van der Waals surface area contributed by atoms with Crippen LogP contribution in [0.5, 0.6) is 11.5 Å². The van der Waals surface area contributed by atoms with Crippen molar-refractivity contribution in [2.45, 2.75) is 52.0 Å². The summed E-state index contributed by atoms with van der Waals surface area (Å²) in [5, 5.41) is 15.4. The van der Waals surface area contributed by atoms with Gasteiger partial charge in [0.05, 0.1) is 29.8 Å². The van der Waals surface area contributed by atoms with Crippen LogP contribution in [-0.4, -0.2) is 30.8 Å². The average Bonchev–Trinajstić information content (AvgIpc) is 2.65. The molecular formula is C20H27BrN2O5. The van der Waals surface area contributed by atoms with Gasteiger partial charge in [0.1, 0.15) is 0 Å². The Hall–Kier alpha value is -2.22. The normalized spacial score (nSPS) is 16.4. The minimum atomic E-state index is -0.716. The Bertz CT molecular complexity index is 763. The Morgan fingerprint density at radius 2 is 1.96 bits per heavy atom. The Morgan fingerprint density at radius 3 is 2.64 bits per heavy atom. The summed E-state index contributed by atoms with van der Waals surface area (Å²) in [5.41, 5.74) is 1.35. The molecule has 2 amide bonds. The van der Waals surface area contributed by atoms with Crippen molar-refractivity contribution in [2.75, 3.05) is 13.7 Å². The maximum absolute atomic E-state index is 12.7. The third-order valence-electron chi connectivity index (χ3n) is 4.57. The summed E-state index contributed by atoms with van der Waals surface area (Å²) in [6.45, 7) is 4.15. The molecule has 2 rings (SSSR count). The fourth-order valence-electron chi connectivity index (χ4n) is 3.08. The summed E-state index contributed by atoms with van der Waals surface area (Å²) in [6, 6.07) is 2.09. The zero-order valence-electron chi connectivity index (χ0n) is 16.4. The summed E-state index contributed by atoms with van der Waals surface area (Å²) in [6.07, 6.45) is 5.27. The first-order valence-electron chi connectivity index (χ1n) is 9.40. The van der Waals surface area contributed by atoms with Crippen LogP contribution in [-0.2, 0) is 9.53 Å². The third-order valence-corrected chi connectivity index (χ3v) is 5.18. The molecular weight excluding hydrogens is 428 g/mol. The summed E-state index contributed by atoms with van der Waals surface area (Å²) < 4.78 is 11.0. The SMILES string of the molecule is CCCCCCCOC(=O)C1=C(C)NC(=O)N[C@@H]1c1cc(Br)c(O)c(OC)c1. The van der Waals surface area contributed by atoms with Crippen LogP contribution in [0.15, 0.2) is 27.9 Å². The first-order valence-corrected chi connectivity index (χ1v) is 10.2. The third kappa shape index (κ3) is 5.41. The summed E-state index contributed by atoms with van der Waals surface area (Å²) >= 11 is 3.27. The highest BCUT2D eigenvalue weighted by Crippen LogP contribution is 2.39. The lowest BCUT2D eigenvalue weighted by atomic mass is 9.95. The minimum Gasteiger partial charge on any atom is -0.503 e. The highest BCUT2D eigenvalue weighted by Gasteiger charge is 2.33. The molecule has 7 nitrogen and oxygen atoms in total. The monoisotopic (exact) mass is 454 g/mol. The van der Waals surface area contributed by atoms with Crippen molar-refractivity contribution in [1.82, 2.24) is 10.6 Å². The molecule has 0 saturated heterocycles. The van der Waals surface area contributed by atoms with Gasteiger partial charge in [0.15, 0.2) is 11.5 Å². The first kappa shape index (κ1) is 22.1. The van der Waals surface area contributed by atoms with Crippen LogP contribution in [0.25, 0.3) is 0 Å². The Balaban J connectivity index is 2.20. The summed E-state index contributed by atoms with van der Waals surface area (Å²) in [7, 11) is 1.43. The van der Waals surface area contributed by atoms with Gasteiger partial charge in [-0.25, -0.2) is 9.59 Å². The number of ether oxygens (including phenoxy) is 2. The maximum atomic E-state index is 12.7. The van der Waals surface area contributed by atoms with Crippen LogP contribution in [0.2, 0.25) is 0 Å². The van der Waals surface area contributed by atoms with Crippen molar-refractivity contribution in [2.24, 2.45) is 0 Å². The lowest BCUT2D eigenvalue weighted by molar-refractivity contribution is -0.139. The number of rotatable bonds is 9. The van der Waals surface area contributed by atoms with Crippen LogP contribution in [0, 0.1) is 0 Å². The molecule has 3 N–H and O–H groups in total. The van der Waals surface area contributed by atoms with Gasteiger partial charge in [-0.15, -0.1) is 0 Å². The van der Waals surface area contributed by atoms with Crippen molar-refractivity contribution in [3.63, 3.8) is 0 Å². The number of methoxy groups -OCH3 is 1. The fourth-order valence-corrected chi connectivity index (χ4v) is 3.54. The van der Waals surface area contributed by atoms with E-state index in [0.29, 0.717) is 27.9 Å². The predicted molar refractivity (Wildman–Crippen MR) is 109 cm³/mol. The number of hydrogen-bond acceptors (Lipinski definition) is 5. The van der Waals surface area contributed by atoms with Gasteiger partial charge >= 0.3 is 12.0 Å². The number of halogens is 1. The van der Waals surface area contributed by atoms with Crippen molar-refractivity contribution in [1.29, 1.82) is 0 Å². The number of esters is 1. The predicted octanol–water partition coefficient (Wildman–Crippen LogP) is 4.30. The summed E-state index contributed by atoms with van der Waals surface area (Å²) in [5.74, 6) is -0.296. The van der Waals surface area contributed by atoms with Crippen molar-refractivity contribution in [3.05, 3.63) is 33.4 Å². The first-order chi connectivity index (χ1) is 13.4. The minimum absolute atomic E-state index is 0.0524. The number of unbranched alkanes of at least 4 members (excludes halogenated alkanes) is 4. The standard InChI is InChI=1S/C20H27BrN2O5/c1-4-5-6-7-8-9-28-19(25)16-12(2)22-20(26)23-17(16)13-10-14(21)18(24)15(11-13)27-3/h10-11,17,24H,4-9H2,1-3H3,(H2,22,23,26)/t17-/m1/s1. The van der Waals surface area contributed by atoms with E-state index in [2.05, 4.69) is 33.5 Å². The number of carbonyl (C=O) groups is 2. The second kappa shape index (κ2) is 10.4. The topological polar surface area (TPSA) is 96.9 Å². The second-order valence-electron chi connectivity index (χ2n) is 6.67. The molecule has 1 aliphatic heterocycles. The Labute approximate surface area is 173 Å². The smallest absolute Gasteiger partial charge is 0.338 e. The quantitative estimate of drug-likeness (QED) is 0.381. The van der Waals surface area contributed by atoms with Gasteiger partial charge in [-0.05, 0) is 47.0 Å². The van der Waals surface area contributed by atoms with E-state index in [-0.39, 0.29) is 11.5 Å². The van der Waals surface area contributed by atoms with Crippen LogP contribution in [0.1, 0.15) is 57.6 Å². The van der Waals surface area contributed by atoms with Gasteiger partial charge in [-0.3, -0.25) is 0 Å². The van der Waals surface area contributed by atoms with Crippen LogP contribution in [0.4, 0.5) is 4.79 Å². The van der Waals surface area contributed by atoms with E-state index in [9.17, 15) is 14.7 Å². The molecule has 0 radical (unpaired) electrons. The molecule has 154 valence electrons. The number of benzene rings is 1.